The van der Waals surface area contributed by atoms with Gasteiger partial charge < -0.3 is 9.42 Å². The highest BCUT2D eigenvalue weighted by Gasteiger charge is 2.35. The number of hydrogen-bond acceptors (Lipinski definition) is 4. The average Bonchev–Trinajstić information content (AvgIpc) is 3.14. The van der Waals surface area contributed by atoms with Gasteiger partial charge in [0.1, 0.15) is 0 Å². The highest BCUT2D eigenvalue weighted by Crippen LogP contribution is 2.31. The second-order valence-corrected chi connectivity index (χ2v) is 5.72. The monoisotopic (exact) mass is 299 g/mol. The Morgan fingerprint density at radius 3 is 2.73 bits per heavy atom. The van der Waals surface area contributed by atoms with Crippen LogP contribution in [0.5, 0.6) is 0 Å². The lowest BCUT2D eigenvalue weighted by Crippen LogP contribution is -2.24. The van der Waals surface area contributed by atoms with Gasteiger partial charge in [-0.05, 0) is 30.5 Å². The predicted molar refractivity (Wildman–Crippen MR) is 83.8 cm³/mol. The quantitative estimate of drug-likeness (QED) is 0.851. The zero-order chi connectivity index (χ0) is 15.5. The van der Waals surface area contributed by atoms with E-state index in [0.29, 0.717) is 18.9 Å². The smallest absolute Gasteiger partial charge is 0.232 e. The molecule has 0 radical (unpaired) electrons. The van der Waals surface area contributed by atoms with Crippen LogP contribution in [0.1, 0.15) is 49.9 Å². The molecule has 0 spiro atoms. The summed E-state index contributed by atoms with van der Waals surface area (Å²) in [6.07, 6.45) is 3.23. The Morgan fingerprint density at radius 2 is 2.05 bits per heavy atom. The Balaban J connectivity index is 1.74. The number of carbonyl (C=O) groups is 1. The molecule has 1 aliphatic rings. The lowest BCUT2D eigenvalue weighted by molar-refractivity contribution is -0.117. The van der Waals surface area contributed by atoms with E-state index < -0.39 is 0 Å². The van der Waals surface area contributed by atoms with Crippen LogP contribution < -0.4 is 4.90 Å². The Morgan fingerprint density at radius 1 is 1.27 bits per heavy atom. The maximum absolute atomic E-state index is 12.3. The van der Waals surface area contributed by atoms with Crippen LogP contribution in [-0.4, -0.2) is 22.6 Å². The van der Waals surface area contributed by atoms with Crippen molar-refractivity contribution >= 4 is 11.6 Å². The second kappa shape index (κ2) is 6.30. The van der Waals surface area contributed by atoms with Gasteiger partial charge in [-0.3, -0.25) is 4.79 Å². The molecular weight excluding hydrogens is 278 g/mol. The highest BCUT2D eigenvalue weighted by molar-refractivity contribution is 5.96. The van der Waals surface area contributed by atoms with E-state index in [0.717, 1.165) is 30.8 Å². The number of rotatable bonds is 5. The maximum Gasteiger partial charge on any atom is 0.232 e. The van der Waals surface area contributed by atoms with Crippen molar-refractivity contribution in [1.82, 2.24) is 10.1 Å². The van der Waals surface area contributed by atoms with Crippen molar-refractivity contribution in [3.8, 4) is 0 Å². The second-order valence-electron chi connectivity index (χ2n) is 5.72. The molecule has 1 atom stereocenters. The van der Waals surface area contributed by atoms with Crippen LogP contribution in [0.4, 0.5) is 5.69 Å². The Bertz CT molecular complexity index is 648. The van der Waals surface area contributed by atoms with E-state index in [1.807, 2.05) is 17.0 Å². The molecule has 1 unspecified atom stereocenters. The standard InChI is InChI=1S/C17H21N3O2/c1-3-5-15-18-17(22-19-15)13-10-16(21)20(11-13)14-8-6-12(4-2)7-9-14/h6-9,13H,3-5,10-11H2,1-2H3. The fourth-order valence-electron chi connectivity index (χ4n) is 2.79. The van der Waals surface area contributed by atoms with Gasteiger partial charge >= 0.3 is 0 Å². The molecule has 3 rings (SSSR count). The van der Waals surface area contributed by atoms with Gasteiger partial charge in [0.2, 0.25) is 11.8 Å². The molecule has 2 heterocycles. The van der Waals surface area contributed by atoms with Crippen LogP contribution in [0.3, 0.4) is 0 Å². The topological polar surface area (TPSA) is 59.2 Å². The molecule has 0 aliphatic carbocycles. The molecule has 1 aromatic heterocycles. The van der Waals surface area contributed by atoms with Gasteiger partial charge in [0.25, 0.3) is 0 Å². The molecule has 1 fully saturated rings. The van der Waals surface area contributed by atoms with Crippen molar-refractivity contribution < 1.29 is 9.32 Å². The number of aryl methyl sites for hydroxylation is 2. The highest BCUT2D eigenvalue weighted by atomic mass is 16.5. The lowest BCUT2D eigenvalue weighted by atomic mass is 10.1. The van der Waals surface area contributed by atoms with Gasteiger partial charge in [0.15, 0.2) is 5.82 Å². The molecule has 5 heteroatoms. The number of hydrogen-bond donors (Lipinski definition) is 0. The van der Waals surface area contributed by atoms with Crippen molar-refractivity contribution in [3.63, 3.8) is 0 Å². The van der Waals surface area contributed by atoms with Crippen LogP contribution in [0.2, 0.25) is 0 Å². The zero-order valence-electron chi connectivity index (χ0n) is 13.1. The van der Waals surface area contributed by atoms with Crippen molar-refractivity contribution in [1.29, 1.82) is 0 Å². The third kappa shape index (κ3) is 2.89. The molecule has 2 aromatic rings. The molecular formula is C17H21N3O2. The molecule has 1 aliphatic heterocycles. The number of aromatic nitrogens is 2. The van der Waals surface area contributed by atoms with Crippen LogP contribution in [0, 0.1) is 0 Å². The van der Waals surface area contributed by atoms with E-state index in [2.05, 4.69) is 36.1 Å². The minimum absolute atomic E-state index is 0.00328. The van der Waals surface area contributed by atoms with Crippen LogP contribution in [-0.2, 0) is 17.6 Å². The average molecular weight is 299 g/mol. The van der Waals surface area contributed by atoms with Gasteiger partial charge in [-0.1, -0.05) is 31.1 Å². The molecule has 22 heavy (non-hydrogen) atoms. The number of carbonyl (C=O) groups excluding carboxylic acids is 1. The van der Waals surface area contributed by atoms with E-state index in [9.17, 15) is 4.79 Å². The van der Waals surface area contributed by atoms with Crippen molar-refractivity contribution in [2.24, 2.45) is 0 Å². The van der Waals surface area contributed by atoms with Crippen molar-refractivity contribution in [2.45, 2.75) is 45.4 Å². The van der Waals surface area contributed by atoms with Crippen molar-refractivity contribution in [3.05, 3.63) is 41.5 Å². The summed E-state index contributed by atoms with van der Waals surface area (Å²) in [6.45, 7) is 4.81. The minimum atomic E-state index is -0.00328. The number of nitrogens with zero attached hydrogens (tertiary/aromatic N) is 3. The SMILES string of the molecule is CCCc1noc(C2CC(=O)N(c3ccc(CC)cc3)C2)n1. The predicted octanol–water partition coefficient (Wildman–Crippen LogP) is 3.11. The molecule has 1 saturated heterocycles. The van der Waals surface area contributed by atoms with Gasteiger partial charge in [-0.15, -0.1) is 0 Å². The largest absolute Gasteiger partial charge is 0.339 e. The van der Waals surface area contributed by atoms with Gasteiger partial charge in [0.05, 0.1) is 5.92 Å². The number of anilines is 1. The molecule has 1 aromatic carbocycles. The summed E-state index contributed by atoms with van der Waals surface area (Å²) < 4.78 is 5.33. The van der Waals surface area contributed by atoms with E-state index in [1.165, 1.54) is 5.56 Å². The van der Waals surface area contributed by atoms with E-state index in [4.69, 9.17) is 4.52 Å². The van der Waals surface area contributed by atoms with Crippen LogP contribution >= 0.6 is 0 Å². The summed E-state index contributed by atoms with van der Waals surface area (Å²) >= 11 is 0. The Kier molecular flexibility index (Phi) is 4.22. The summed E-state index contributed by atoms with van der Waals surface area (Å²) in [5.74, 6) is 1.43. The molecule has 0 saturated carbocycles. The molecule has 0 N–H and O–H groups in total. The molecule has 116 valence electrons. The summed E-state index contributed by atoms with van der Waals surface area (Å²) in [6, 6.07) is 8.16. The third-order valence-corrected chi connectivity index (χ3v) is 4.09. The molecule has 1 amide bonds. The Labute approximate surface area is 130 Å². The van der Waals surface area contributed by atoms with E-state index >= 15 is 0 Å². The number of amides is 1. The van der Waals surface area contributed by atoms with Gasteiger partial charge in [-0.25, -0.2) is 0 Å². The first-order valence-corrected chi connectivity index (χ1v) is 7.93. The first kappa shape index (κ1) is 14.8. The van der Waals surface area contributed by atoms with E-state index in [1.54, 1.807) is 0 Å². The first-order chi connectivity index (χ1) is 10.7. The summed E-state index contributed by atoms with van der Waals surface area (Å²) in [7, 11) is 0. The van der Waals surface area contributed by atoms with Crippen molar-refractivity contribution in [2.75, 3.05) is 11.4 Å². The minimum Gasteiger partial charge on any atom is -0.339 e. The summed E-state index contributed by atoms with van der Waals surface area (Å²) in [5, 5.41) is 3.98. The third-order valence-electron chi connectivity index (χ3n) is 4.09. The fraction of sp³-hybridized carbons (Fsp3) is 0.471. The molecule has 5 nitrogen and oxygen atoms in total. The normalized spacial score (nSPS) is 18.2. The van der Waals surface area contributed by atoms with Gasteiger partial charge in [0, 0.05) is 25.1 Å². The van der Waals surface area contributed by atoms with Crippen LogP contribution in [0.15, 0.2) is 28.8 Å². The summed E-state index contributed by atoms with van der Waals surface area (Å²) in [4.78, 5) is 18.5. The van der Waals surface area contributed by atoms with Gasteiger partial charge in [-0.2, -0.15) is 4.98 Å². The van der Waals surface area contributed by atoms with E-state index in [-0.39, 0.29) is 11.8 Å². The maximum atomic E-state index is 12.3. The molecule has 0 bridgehead atoms. The lowest BCUT2D eigenvalue weighted by Gasteiger charge is -2.16. The zero-order valence-corrected chi connectivity index (χ0v) is 13.1. The summed E-state index contributed by atoms with van der Waals surface area (Å²) in [5.41, 5.74) is 2.21. The fourth-order valence-corrected chi connectivity index (χ4v) is 2.79. The number of benzene rings is 1. The first-order valence-electron chi connectivity index (χ1n) is 7.93. The Hall–Kier alpha value is -2.17. The van der Waals surface area contributed by atoms with Crippen LogP contribution in [0.25, 0.3) is 0 Å².